The largest absolute Gasteiger partial charge is 0.396 e. The summed E-state index contributed by atoms with van der Waals surface area (Å²) < 4.78 is 0. The minimum Gasteiger partial charge on any atom is -0.396 e. The molecule has 2 fully saturated rings. The molecule has 3 atom stereocenters. The molecule has 94 valence electrons. The number of hydrogen-bond donors (Lipinski definition) is 4. The van der Waals surface area contributed by atoms with Crippen molar-refractivity contribution in [3.8, 4) is 0 Å². The first-order valence-corrected chi connectivity index (χ1v) is 6.24. The van der Waals surface area contributed by atoms with Gasteiger partial charge in [-0.15, -0.1) is 0 Å². The smallest absolute Gasteiger partial charge is 0.0959 e. The number of piperidine rings is 1. The van der Waals surface area contributed by atoms with E-state index in [0.717, 1.165) is 39.1 Å². The fourth-order valence-electron chi connectivity index (χ4n) is 2.98. The number of nitrogens with zero attached hydrogens (tertiary/aromatic N) is 1. The van der Waals surface area contributed by atoms with E-state index in [-0.39, 0.29) is 13.3 Å². The molecule has 3 unspecified atom stereocenters. The quantitative estimate of drug-likeness (QED) is 0.471. The van der Waals surface area contributed by atoms with Gasteiger partial charge in [0, 0.05) is 32.3 Å². The fraction of sp³-hybridized carbons (Fsp3) is 1.00. The maximum absolute atomic E-state index is 9.42. The molecule has 5 heteroatoms. The van der Waals surface area contributed by atoms with E-state index in [9.17, 15) is 10.2 Å². The highest BCUT2D eigenvalue weighted by molar-refractivity contribution is 4.91. The Hall–Kier alpha value is -0.200. The molecule has 2 rings (SSSR count). The van der Waals surface area contributed by atoms with Crippen molar-refractivity contribution in [3.05, 3.63) is 0 Å². The summed E-state index contributed by atoms with van der Waals surface area (Å²) in [5, 5.41) is 25.6. The van der Waals surface area contributed by atoms with E-state index in [4.69, 9.17) is 0 Å². The molecule has 5 nitrogen and oxygen atoms in total. The van der Waals surface area contributed by atoms with Crippen LogP contribution in [-0.4, -0.2) is 67.2 Å². The van der Waals surface area contributed by atoms with Crippen molar-refractivity contribution in [1.82, 2.24) is 15.5 Å². The first-order chi connectivity index (χ1) is 7.86. The van der Waals surface area contributed by atoms with Gasteiger partial charge in [-0.25, -0.2) is 0 Å². The van der Waals surface area contributed by atoms with Gasteiger partial charge in [0.05, 0.1) is 6.73 Å². The van der Waals surface area contributed by atoms with Crippen molar-refractivity contribution in [2.75, 3.05) is 46.1 Å². The van der Waals surface area contributed by atoms with Crippen molar-refractivity contribution >= 4 is 0 Å². The first-order valence-electron chi connectivity index (χ1n) is 6.24. The van der Waals surface area contributed by atoms with Gasteiger partial charge in [0.25, 0.3) is 0 Å². The monoisotopic (exact) mass is 229 g/mol. The van der Waals surface area contributed by atoms with Gasteiger partial charge in [-0.2, -0.15) is 0 Å². The van der Waals surface area contributed by atoms with Crippen molar-refractivity contribution in [2.45, 2.75) is 12.5 Å². The highest BCUT2D eigenvalue weighted by atomic mass is 16.3. The Morgan fingerprint density at radius 1 is 1.12 bits per heavy atom. The number of rotatable bonds is 3. The topological polar surface area (TPSA) is 67.8 Å². The Bertz CT molecular complexity index is 193. The van der Waals surface area contributed by atoms with E-state index < -0.39 is 0 Å². The van der Waals surface area contributed by atoms with Gasteiger partial charge in [0.2, 0.25) is 0 Å². The molecular weight excluding hydrogens is 206 g/mol. The van der Waals surface area contributed by atoms with Crippen LogP contribution in [0.5, 0.6) is 0 Å². The van der Waals surface area contributed by atoms with Gasteiger partial charge in [-0.05, 0) is 31.3 Å². The average Bonchev–Trinajstić information content (AvgIpc) is 2.38. The normalized spacial score (nSPS) is 37.5. The molecular formula is C11H23N3O2. The van der Waals surface area contributed by atoms with Crippen LogP contribution in [0.2, 0.25) is 0 Å². The lowest BCUT2D eigenvalue weighted by Gasteiger charge is -2.44. The summed E-state index contributed by atoms with van der Waals surface area (Å²) in [6, 6.07) is 0.351. The Kier molecular flexibility index (Phi) is 4.55. The molecule has 0 bridgehead atoms. The number of hydrogen-bond acceptors (Lipinski definition) is 5. The van der Waals surface area contributed by atoms with E-state index in [2.05, 4.69) is 15.5 Å². The second kappa shape index (κ2) is 5.93. The third-order valence-electron chi connectivity index (χ3n) is 3.99. The lowest BCUT2D eigenvalue weighted by molar-refractivity contribution is -0.00427. The molecule has 0 aromatic carbocycles. The zero-order valence-corrected chi connectivity index (χ0v) is 9.73. The highest BCUT2D eigenvalue weighted by Gasteiger charge is 2.35. The van der Waals surface area contributed by atoms with E-state index in [1.54, 1.807) is 0 Å². The zero-order chi connectivity index (χ0) is 11.4. The summed E-state index contributed by atoms with van der Waals surface area (Å²) in [7, 11) is 0. The molecule has 0 aromatic rings. The summed E-state index contributed by atoms with van der Waals surface area (Å²) in [5.74, 6) is 0.818. The number of nitrogens with one attached hydrogen (secondary N) is 2. The Balaban J connectivity index is 2.01. The lowest BCUT2D eigenvalue weighted by Crippen LogP contribution is -2.59. The number of piperazine rings is 1. The lowest BCUT2D eigenvalue weighted by atomic mass is 9.80. The van der Waals surface area contributed by atoms with Crippen LogP contribution in [0.4, 0.5) is 0 Å². The van der Waals surface area contributed by atoms with Crippen molar-refractivity contribution in [3.63, 3.8) is 0 Å². The van der Waals surface area contributed by atoms with Crippen LogP contribution in [0.15, 0.2) is 0 Å². The third kappa shape index (κ3) is 2.55. The van der Waals surface area contributed by atoms with Crippen LogP contribution in [-0.2, 0) is 0 Å². The molecule has 2 saturated heterocycles. The molecule has 2 aliphatic heterocycles. The molecule has 2 aliphatic rings. The van der Waals surface area contributed by atoms with E-state index >= 15 is 0 Å². The highest BCUT2D eigenvalue weighted by Crippen LogP contribution is 2.25. The van der Waals surface area contributed by atoms with Crippen LogP contribution in [0.25, 0.3) is 0 Å². The third-order valence-corrected chi connectivity index (χ3v) is 3.99. The minimum atomic E-state index is 0.126. The van der Waals surface area contributed by atoms with Crippen LogP contribution in [0, 0.1) is 11.8 Å². The Labute approximate surface area is 96.8 Å². The maximum Gasteiger partial charge on any atom is 0.0959 e. The molecule has 0 aromatic heterocycles. The molecule has 0 radical (unpaired) electrons. The van der Waals surface area contributed by atoms with E-state index in [0.29, 0.717) is 17.9 Å². The van der Waals surface area contributed by atoms with E-state index in [1.807, 2.05) is 0 Å². The molecule has 0 spiro atoms. The van der Waals surface area contributed by atoms with Crippen LogP contribution < -0.4 is 10.6 Å². The molecule has 4 N–H and O–H groups in total. The van der Waals surface area contributed by atoms with Gasteiger partial charge in [-0.3, -0.25) is 4.90 Å². The second-order valence-corrected chi connectivity index (χ2v) is 4.82. The van der Waals surface area contributed by atoms with Crippen molar-refractivity contribution in [1.29, 1.82) is 0 Å². The summed E-state index contributed by atoms with van der Waals surface area (Å²) in [6.07, 6.45) is 1.04. The van der Waals surface area contributed by atoms with Gasteiger partial charge >= 0.3 is 0 Å². The van der Waals surface area contributed by atoms with Gasteiger partial charge in [0.15, 0.2) is 0 Å². The minimum absolute atomic E-state index is 0.126. The summed E-state index contributed by atoms with van der Waals surface area (Å²) in [6.45, 7) is 5.11. The van der Waals surface area contributed by atoms with Crippen molar-refractivity contribution in [2.24, 2.45) is 11.8 Å². The predicted molar refractivity (Wildman–Crippen MR) is 62.0 cm³/mol. The standard InChI is InChI=1S/C11H23N3O2/c15-7-9-1-2-12-5-10(9)11-6-13-3-4-14(11)8-16/h9-13,15-16H,1-8H2. The maximum atomic E-state index is 9.42. The Morgan fingerprint density at radius 3 is 2.69 bits per heavy atom. The number of aliphatic hydroxyl groups is 2. The van der Waals surface area contributed by atoms with Gasteiger partial charge < -0.3 is 20.8 Å². The summed E-state index contributed by atoms with van der Waals surface area (Å²) in [5.41, 5.74) is 0. The molecule has 0 saturated carbocycles. The van der Waals surface area contributed by atoms with Crippen LogP contribution in [0.1, 0.15) is 6.42 Å². The first kappa shape index (κ1) is 12.3. The summed E-state index contributed by atoms with van der Waals surface area (Å²) >= 11 is 0. The van der Waals surface area contributed by atoms with Crippen LogP contribution >= 0.6 is 0 Å². The number of aliphatic hydroxyl groups excluding tert-OH is 2. The molecule has 0 amide bonds. The molecule has 2 heterocycles. The zero-order valence-electron chi connectivity index (χ0n) is 9.73. The Morgan fingerprint density at radius 2 is 1.94 bits per heavy atom. The van der Waals surface area contributed by atoms with Crippen LogP contribution in [0.3, 0.4) is 0 Å². The van der Waals surface area contributed by atoms with Crippen molar-refractivity contribution < 1.29 is 10.2 Å². The average molecular weight is 229 g/mol. The van der Waals surface area contributed by atoms with Gasteiger partial charge in [-0.1, -0.05) is 0 Å². The summed E-state index contributed by atoms with van der Waals surface area (Å²) in [4.78, 5) is 2.12. The van der Waals surface area contributed by atoms with E-state index in [1.165, 1.54) is 0 Å². The molecule has 16 heavy (non-hydrogen) atoms. The predicted octanol–water partition coefficient (Wildman–Crippen LogP) is -1.57. The molecule has 0 aliphatic carbocycles. The second-order valence-electron chi connectivity index (χ2n) is 4.82. The fourth-order valence-corrected chi connectivity index (χ4v) is 2.98. The van der Waals surface area contributed by atoms with Gasteiger partial charge in [0.1, 0.15) is 0 Å². The SMILES string of the molecule is OCC1CCNCC1C1CNCCN1CO.